The molecule has 0 amide bonds. The molecule has 0 aliphatic rings. The van der Waals surface area contributed by atoms with Crippen molar-refractivity contribution in [3.63, 3.8) is 0 Å². The summed E-state index contributed by atoms with van der Waals surface area (Å²) >= 11 is 6.01. The molecule has 0 aliphatic heterocycles. The highest BCUT2D eigenvalue weighted by atomic mass is 35.5. The minimum Gasteiger partial charge on any atom is -0.462 e. The number of hydrogen-bond acceptors (Lipinski definition) is 3. The fourth-order valence-electron chi connectivity index (χ4n) is 3.09. The van der Waals surface area contributed by atoms with Crippen LogP contribution in [0.3, 0.4) is 0 Å². The van der Waals surface area contributed by atoms with Gasteiger partial charge in [0.15, 0.2) is 5.78 Å². The van der Waals surface area contributed by atoms with E-state index in [4.69, 9.17) is 16.3 Å². The SMILES string of the molecule is CCOC(=O)c1ccc(-n2c(-c3ccc(Cl)cc3)cc(C(C)=O)c2C)cc1. The molecule has 0 atom stereocenters. The van der Waals surface area contributed by atoms with Gasteiger partial charge in [-0.15, -0.1) is 0 Å². The molecule has 0 radical (unpaired) electrons. The fourth-order valence-corrected chi connectivity index (χ4v) is 3.22. The van der Waals surface area contributed by atoms with Crippen LogP contribution in [0.2, 0.25) is 5.02 Å². The summed E-state index contributed by atoms with van der Waals surface area (Å²) in [4.78, 5) is 24.0. The molecule has 5 heteroatoms. The van der Waals surface area contributed by atoms with Crippen molar-refractivity contribution in [2.75, 3.05) is 6.61 Å². The van der Waals surface area contributed by atoms with Gasteiger partial charge in [0.1, 0.15) is 0 Å². The highest BCUT2D eigenvalue weighted by Crippen LogP contribution is 2.30. The third-order valence-corrected chi connectivity index (χ3v) is 4.66. The number of esters is 1. The third kappa shape index (κ3) is 3.81. The molecule has 4 nitrogen and oxygen atoms in total. The van der Waals surface area contributed by atoms with Crippen LogP contribution >= 0.6 is 11.6 Å². The highest BCUT2D eigenvalue weighted by Gasteiger charge is 2.18. The Bertz CT molecular complexity index is 986. The van der Waals surface area contributed by atoms with E-state index >= 15 is 0 Å². The Hall–Kier alpha value is -2.85. The van der Waals surface area contributed by atoms with Gasteiger partial charge in [0, 0.05) is 22.0 Å². The second-order valence-corrected chi connectivity index (χ2v) is 6.63. The Morgan fingerprint density at radius 3 is 2.22 bits per heavy atom. The summed E-state index contributed by atoms with van der Waals surface area (Å²) in [5.74, 6) is -0.347. The Labute approximate surface area is 163 Å². The van der Waals surface area contributed by atoms with Crippen LogP contribution in [-0.2, 0) is 4.74 Å². The van der Waals surface area contributed by atoms with Crippen LogP contribution in [-0.4, -0.2) is 22.9 Å². The number of ether oxygens (including phenoxy) is 1. The molecule has 138 valence electrons. The summed E-state index contributed by atoms with van der Waals surface area (Å²) in [6, 6.07) is 16.5. The lowest BCUT2D eigenvalue weighted by atomic mass is 10.1. The first-order chi connectivity index (χ1) is 12.9. The zero-order valence-corrected chi connectivity index (χ0v) is 16.2. The Balaban J connectivity index is 2.12. The lowest BCUT2D eigenvalue weighted by Gasteiger charge is -2.13. The average Bonchev–Trinajstić information content (AvgIpc) is 3.00. The van der Waals surface area contributed by atoms with E-state index in [2.05, 4.69) is 0 Å². The number of aromatic nitrogens is 1. The lowest BCUT2D eigenvalue weighted by Crippen LogP contribution is -2.06. The van der Waals surface area contributed by atoms with Crippen LogP contribution in [0.1, 0.15) is 40.3 Å². The van der Waals surface area contributed by atoms with E-state index in [9.17, 15) is 9.59 Å². The van der Waals surface area contributed by atoms with Gasteiger partial charge in [-0.25, -0.2) is 4.79 Å². The van der Waals surface area contributed by atoms with Crippen LogP contribution in [0.25, 0.3) is 16.9 Å². The lowest BCUT2D eigenvalue weighted by molar-refractivity contribution is 0.0526. The number of hydrogen-bond donors (Lipinski definition) is 0. The minimum atomic E-state index is -0.351. The van der Waals surface area contributed by atoms with Crippen molar-refractivity contribution >= 4 is 23.4 Å². The first-order valence-corrected chi connectivity index (χ1v) is 9.07. The number of Topliss-reactive ketones (excluding diaryl/α,β-unsaturated/α-hetero) is 1. The quantitative estimate of drug-likeness (QED) is 0.434. The first kappa shape index (κ1) is 18.9. The zero-order valence-electron chi connectivity index (χ0n) is 15.5. The van der Waals surface area contributed by atoms with Gasteiger partial charge in [-0.1, -0.05) is 23.7 Å². The van der Waals surface area contributed by atoms with Crippen LogP contribution in [0.4, 0.5) is 0 Å². The van der Waals surface area contributed by atoms with Gasteiger partial charge in [-0.2, -0.15) is 0 Å². The van der Waals surface area contributed by atoms with Crippen LogP contribution in [0, 0.1) is 6.92 Å². The molecule has 1 aromatic heterocycles. The number of carbonyl (C=O) groups is 2. The maximum atomic E-state index is 12.1. The topological polar surface area (TPSA) is 48.3 Å². The smallest absolute Gasteiger partial charge is 0.338 e. The van der Waals surface area contributed by atoms with Crippen molar-refractivity contribution in [3.05, 3.63) is 76.4 Å². The molecular formula is C22H20ClNO3. The molecule has 3 aromatic rings. The molecule has 3 rings (SSSR count). The van der Waals surface area contributed by atoms with Crippen molar-refractivity contribution < 1.29 is 14.3 Å². The largest absolute Gasteiger partial charge is 0.462 e. The molecule has 0 N–H and O–H groups in total. The van der Waals surface area contributed by atoms with Gasteiger partial charge in [0.2, 0.25) is 0 Å². The number of benzene rings is 2. The summed E-state index contributed by atoms with van der Waals surface area (Å²) in [5, 5.41) is 0.652. The summed E-state index contributed by atoms with van der Waals surface area (Å²) in [6.07, 6.45) is 0. The number of nitrogens with zero attached hydrogens (tertiary/aromatic N) is 1. The maximum Gasteiger partial charge on any atom is 0.338 e. The van der Waals surface area contributed by atoms with Crippen LogP contribution in [0.15, 0.2) is 54.6 Å². The molecule has 0 saturated heterocycles. The Morgan fingerprint density at radius 2 is 1.67 bits per heavy atom. The third-order valence-electron chi connectivity index (χ3n) is 4.40. The predicted molar refractivity (Wildman–Crippen MR) is 107 cm³/mol. The minimum absolute atomic E-state index is 0.00427. The summed E-state index contributed by atoms with van der Waals surface area (Å²) in [6.45, 7) is 5.58. The molecule has 0 spiro atoms. The molecule has 0 aliphatic carbocycles. The van der Waals surface area contributed by atoms with E-state index < -0.39 is 0 Å². The van der Waals surface area contributed by atoms with Crippen LogP contribution < -0.4 is 0 Å². The second-order valence-electron chi connectivity index (χ2n) is 6.19. The number of halogens is 1. The monoisotopic (exact) mass is 381 g/mol. The molecular weight excluding hydrogens is 362 g/mol. The molecule has 0 saturated carbocycles. The maximum absolute atomic E-state index is 12.1. The van der Waals surface area contributed by atoms with Crippen molar-refractivity contribution in [2.45, 2.75) is 20.8 Å². The van der Waals surface area contributed by atoms with E-state index in [1.54, 1.807) is 26.0 Å². The van der Waals surface area contributed by atoms with Gasteiger partial charge in [-0.3, -0.25) is 4.79 Å². The van der Waals surface area contributed by atoms with Crippen molar-refractivity contribution in [3.8, 4) is 16.9 Å². The van der Waals surface area contributed by atoms with Crippen molar-refractivity contribution in [2.24, 2.45) is 0 Å². The predicted octanol–water partition coefficient (Wildman–Crippen LogP) is 5.49. The number of rotatable bonds is 5. The normalized spacial score (nSPS) is 10.7. The van der Waals surface area contributed by atoms with Crippen LogP contribution in [0.5, 0.6) is 0 Å². The van der Waals surface area contributed by atoms with E-state index in [1.807, 2.05) is 54.0 Å². The molecule has 2 aromatic carbocycles. The highest BCUT2D eigenvalue weighted by molar-refractivity contribution is 6.30. The zero-order chi connectivity index (χ0) is 19.6. The second kappa shape index (κ2) is 7.80. The summed E-state index contributed by atoms with van der Waals surface area (Å²) in [7, 11) is 0. The molecule has 27 heavy (non-hydrogen) atoms. The van der Waals surface area contributed by atoms with Crippen molar-refractivity contribution in [1.29, 1.82) is 0 Å². The first-order valence-electron chi connectivity index (χ1n) is 8.69. The van der Waals surface area contributed by atoms with Crippen molar-refractivity contribution in [1.82, 2.24) is 4.57 Å². The Morgan fingerprint density at radius 1 is 1.04 bits per heavy atom. The average molecular weight is 382 g/mol. The fraction of sp³-hybridized carbons (Fsp3) is 0.182. The van der Waals surface area contributed by atoms with Gasteiger partial charge >= 0.3 is 5.97 Å². The molecule has 1 heterocycles. The van der Waals surface area contributed by atoms with E-state index in [0.29, 0.717) is 22.8 Å². The summed E-state index contributed by atoms with van der Waals surface area (Å²) < 4.78 is 7.04. The van der Waals surface area contributed by atoms with E-state index in [-0.39, 0.29) is 11.8 Å². The van der Waals surface area contributed by atoms with Gasteiger partial charge in [0.05, 0.1) is 17.9 Å². The van der Waals surface area contributed by atoms with Gasteiger partial charge < -0.3 is 9.30 Å². The standard InChI is InChI=1S/C22H20ClNO3/c1-4-27-22(26)17-7-11-19(12-8-17)24-14(2)20(15(3)25)13-21(24)16-5-9-18(23)10-6-16/h5-13H,4H2,1-3H3. The van der Waals surface area contributed by atoms with E-state index in [1.165, 1.54) is 0 Å². The van der Waals surface area contributed by atoms with E-state index in [0.717, 1.165) is 22.6 Å². The van der Waals surface area contributed by atoms with Gasteiger partial charge in [0.25, 0.3) is 0 Å². The number of carbonyl (C=O) groups excluding carboxylic acids is 2. The Kier molecular flexibility index (Phi) is 5.47. The summed E-state index contributed by atoms with van der Waals surface area (Å²) in [5.41, 5.74) is 4.69. The number of ketones is 1. The molecule has 0 bridgehead atoms. The molecule has 0 unspecified atom stereocenters. The molecule has 0 fully saturated rings. The van der Waals surface area contributed by atoms with Gasteiger partial charge in [-0.05, 0) is 68.8 Å².